The Morgan fingerprint density at radius 2 is 0.882 bits per heavy atom. The first-order valence-corrected chi connectivity index (χ1v) is 5.40. The summed E-state index contributed by atoms with van der Waals surface area (Å²) in [5, 5.41) is 0. The minimum atomic E-state index is 0. The van der Waals surface area contributed by atoms with Gasteiger partial charge in [0.2, 0.25) is 0 Å². The Labute approximate surface area is 118 Å². The van der Waals surface area contributed by atoms with E-state index >= 15 is 0 Å². The Morgan fingerprint density at radius 1 is 0.529 bits per heavy atom. The number of allylic oxidation sites excluding steroid dienone is 2. The van der Waals surface area contributed by atoms with Crippen LogP contribution in [0, 0.1) is 0 Å². The molecule has 82 valence electrons. The second kappa shape index (κ2) is 7.83. The van der Waals surface area contributed by atoms with Crippen LogP contribution in [0.5, 0.6) is 0 Å². The molecular weight excluding hydrogens is 240 g/mol. The molecule has 1 heteroatoms. The van der Waals surface area contributed by atoms with E-state index in [1.165, 1.54) is 11.1 Å². The predicted octanol–water partition coefficient (Wildman–Crippen LogP) is 4.41. The van der Waals surface area contributed by atoms with Gasteiger partial charge in [0.25, 0.3) is 0 Å². The van der Waals surface area contributed by atoms with Gasteiger partial charge in [-0.2, -0.15) is 0 Å². The zero-order chi connectivity index (χ0) is 11.1. The third kappa shape index (κ3) is 4.99. The van der Waals surface area contributed by atoms with Gasteiger partial charge in [-0.05, 0) is 11.1 Å². The van der Waals surface area contributed by atoms with E-state index in [1.54, 1.807) is 0 Å². The van der Waals surface area contributed by atoms with Gasteiger partial charge < -0.3 is 0 Å². The molecule has 2 aromatic rings. The van der Waals surface area contributed by atoms with E-state index in [0.717, 1.165) is 0 Å². The molecule has 0 nitrogen and oxygen atoms in total. The van der Waals surface area contributed by atoms with Gasteiger partial charge in [-0.1, -0.05) is 85.0 Å². The van der Waals surface area contributed by atoms with Gasteiger partial charge >= 0.3 is 0 Å². The summed E-state index contributed by atoms with van der Waals surface area (Å²) in [7, 11) is 0. The maximum absolute atomic E-state index is 2.10. The fraction of sp³-hybridized carbons (Fsp3) is 0. The molecule has 2 rings (SSSR count). The van der Waals surface area contributed by atoms with Crippen molar-refractivity contribution in [3.63, 3.8) is 0 Å². The topological polar surface area (TPSA) is 0 Å². The molecule has 0 N–H and O–H groups in total. The Balaban J connectivity index is 0.00000144. The summed E-state index contributed by atoms with van der Waals surface area (Å²) in [6.45, 7) is 0. The summed E-state index contributed by atoms with van der Waals surface area (Å²) in [5.74, 6) is 0. The Kier molecular flexibility index (Phi) is 6.31. The van der Waals surface area contributed by atoms with E-state index in [1.807, 2.05) is 36.4 Å². The van der Waals surface area contributed by atoms with Crippen molar-refractivity contribution in [1.82, 2.24) is 0 Å². The van der Waals surface area contributed by atoms with Crippen molar-refractivity contribution in [3.8, 4) is 0 Å². The molecule has 0 heterocycles. The van der Waals surface area contributed by atoms with Crippen LogP contribution < -0.4 is 0 Å². The molecule has 2 aromatic carbocycles. The van der Waals surface area contributed by atoms with Crippen molar-refractivity contribution < 1.29 is 21.7 Å². The zero-order valence-electron chi connectivity index (χ0n) is 9.58. The van der Waals surface area contributed by atoms with Gasteiger partial charge in [0.1, 0.15) is 0 Å². The fourth-order valence-electron chi connectivity index (χ4n) is 1.46. The van der Waals surface area contributed by atoms with E-state index in [0.29, 0.717) is 0 Å². The molecular formula is C16H14Ti. The smallest absolute Gasteiger partial charge is 0 e. The van der Waals surface area contributed by atoms with Gasteiger partial charge in [0, 0.05) is 21.7 Å². The van der Waals surface area contributed by atoms with Crippen LogP contribution in [0.2, 0.25) is 0 Å². The van der Waals surface area contributed by atoms with Crippen LogP contribution >= 0.6 is 0 Å². The van der Waals surface area contributed by atoms with Crippen LogP contribution in [0.1, 0.15) is 11.1 Å². The minimum Gasteiger partial charge on any atom is -0.0622 e. The molecule has 17 heavy (non-hydrogen) atoms. The maximum Gasteiger partial charge on any atom is 0 e. The molecule has 0 aliphatic heterocycles. The van der Waals surface area contributed by atoms with Crippen molar-refractivity contribution in [3.05, 3.63) is 83.9 Å². The number of rotatable bonds is 3. The van der Waals surface area contributed by atoms with Gasteiger partial charge in [0.15, 0.2) is 0 Å². The van der Waals surface area contributed by atoms with Crippen molar-refractivity contribution in [2.24, 2.45) is 0 Å². The maximum atomic E-state index is 2.10. The summed E-state index contributed by atoms with van der Waals surface area (Å²) in [4.78, 5) is 0. The molecule has 0 aliphatic rings. The van der Waals surface area contributed by atoms with Crippen molar-refractivity contribution >= 4 is 12.2 Å². The molecule has 0 bridgehead atoms. The van der Waals surface area contributed by atoms with Gasteiger partial charge in [-0.25, -0.2) is 0 Å². The molecule has 0 unspecified atom stereocenters. The first-order chi connectivity index (χ1) is 7.95. The number of hydrogen-bond acceptors (Lipinski definition) is 0. The summed E-state index contributed by atoms with van der Waals surface area (Å²) in [5.41, 5.74) is 2.44. The monoisotopic (exact) mass is 254 g/mol. The molecule has 0 saturated heterocycles. The Bertz CT molecular complexity index is 422. The average molecular weight is 254 g/mol. The molecule has 0 aliphatic carbocycles. The van der Waals surface area contributed by atoms with E-state index in [4.69, 9.17) is 0 Å². The normalized spacial score (nSPS) is 10.6. The first-order valence-electron chi connectivity index (χ1n) is 5.40. The molecule has 0 atom stereocenters. The second-order valence-electron chi connectivity index (χ2n) is 3.54. The molecule has 0 radical (unpaired) electrons. The van der Waals surface area contributed by atoms with Gasteiger partial charge in [-0.15, -0.1) is 0 Å². The molecule has 0 amide bonds. The largest absolute Gasteiger partial charge is 0.0622 e. The van der Waals surface area contributed by atoms with Crippen LogP contribution in [0.3, 0.4) is 0 Å². The van der Waals surface area contributed by atoms with Crippen molar-refractivity contribution in [1.29, 1.82) is 0 Å². The quantitative estimate of drug-likeness (QED) is 0.562. The van der Waals surface area contributed by atoms with E-state index < -0.39 is 0 Å². The van der Waals surface area contributed by atoms with Crippen LogP contribution in [0.25, 0.3) is 12.2 Å². The van der Waals surface area contributed by atoms with Gasteiger partial charge in [-0.3, -0.25) is 0 Å². The zero-order valence-corrected chi connectivity index (χ0v) is 11.1. The molecule has 0 saturated carbocycles. The third-order valence-electron chi connectivity index (χ3n) is 2.29. The van der Waals surface area contributed by atoms with Crippen molar-refractivity contribution in [2.45, 2.75) is 0 Å². The van der Waals surface area contributed by atoms with Crippen molar-refractivity contribution in [2.75, 3.05) is 0 Å². The summed E-state index contributed by atoms with van der Waals surface area (Å²) >= 11 is 0. The first kappa shape index (κ1) is 13.7. The molecule has 0 fully saturated rings. The average Bonchev–Trinajstić information content (AvgIpc) is 2.37. The molecule has 0 spiro atoms. The van der Waals surface area contributed by atoms with Crippen LogP contribution in [-0.4, -0.2) is 0 Å². The molecule has 0 aromatic heterocycles. The van der Waals surface area contributed by atoms with Crippen LogP contribution in [0.4, 0.5) is 0 Å². The van der Waals surface area contributed by atoms with Crippen LogP contribution in [-0.2, 0) is 21.7 Å². The number of hydrogen-bond donors (Lipinski definition) is 0. The minimum absolute atomic E-state index is 0. The Hall–Kier alpha value is -1.37. The van der Waals surface area contributed by atoms with Gasteiger partial charge in [0.05, 0.1) is 0 Å². The Morgan fingerprint density at radius 3 is 1.24 bits per heavy atom. The third-order valence-corrected chi connectivity index (χ3v) is 2.29. The second-order valence-corrected chi connectivity index (χ2v) is 3.54. The number of benzene rings is 2. The fourth-order valence-corrected chi connectivity index (χ4v) is 1.46. The van der Waals surface area contributed by atoms with E-state index in [9.17, 15) is 0 Å². The SMILES string of the molecule is C(C=Cc1ccccc1)=Cc1ccccc1.[Ti]. The van der Waals surface area contributed by atoms with Crippen LogP contribution in [0.15, 0.2) is 72.8 Å². The summed E-state index contributed by atoms with van der Waals surface area (Å²) in [6, 6.07) is 20.6. The van der Waals surface area contributed by atoms with E-state index in [-0.39, 0.29) is 21.7 Å². The standard InChI is InChI=1S/C16H14.Ti/c1-3-9-15(10-4-1)13-7-8-14-16-11-5-2-6-12-16;/h1-14H;. The predicted molar refractivity (Wildman–Crippen MR) is 71.0 cm³/mol. The summed E-state index contributed by atoms with van der Waals surface area (Å²) < 4.78 is 0. The summed E-state index contributed by atoms with van der Waals surface area (Å²) in [6.07, 6.45) is 8.31. The van der Waals surface area contributed by atoms with E-state index in [2.05, 4.69) is 48.6 Å².